The molecule has 0 heterocycles. The number of hydrogen-bond acceptors (Lipinski definition) is 1. The SMILES string of the molecule is C=C(C)C(=O)N/C(C)=C\C. The average Bonchev–Trinajstić information content (AvgIpc) is 1.87. The lowest BCUT2D eigenvalue weighted by Crippen LogP contribution is -2.21. The van der Waals surface area contributed by atoms with Crippen LogP contribution < -0.4 is 5.32 Å². The summed E-state index contributed by atoms with van der Waals surface area (Å²) in [5.74, 6) is -0.115. The molecule has 1 amide bonds. The van der Waals surface area contributed by atoms with Gasteiger partial charge in [-0.05, 0) is 20.8 Å². The van der Waals surface area contributed by atoms with Gasteiger partial charge in [0, 0.05) is 11.3 Å². The zero-order valence-electron chi connectivity index (χ0n) is 6.69. The van der Waals surface area contributed by atoms with Gasteiger partial charge < -0.3 is 5.32 Å². The second kappa shape index (κ2) is 3.88. The second-order valence-corrected chi connectivity index (χ2v) is 2.21. The Morgan fingerprint density at radius 1 is 1.50 bits per heavy atom. The quantitative estimate of drug-likeness (QED) is 0.578. The van der Waals surface area contributed by atoms with Gasteiger partial charge in [0.15, 0.2) is 0 Å². The highest BCUT2D eigenvalue weighted by atomic mass is 16.1. The van der Waals surface area contributed by atoms with Gasteiger partial charge in [-0.1, -0.05) is 12.7 Å². The first-order valence-corrected chi connectivity index (χ1v) is 3.17. The Morgan fingerprint density at radius 2 is 2.00 bits per heavy atom. The van der Waals surface area contributed by atoms with E-state index in [1.807, 2.05) is 19.9 Å². The van der Waals surface area contributed by atoms with Gasteiger partial charge in [-0.3, -0.25) is 4.79 Å². The van der Waals surface area contributed by atoms with Crippen molar-refractivity contribution in [2.24, 2.45) is 0 Å². The van der Waals surface area contributed by atoms with Crippen LogP contribution in [0.5, 0.6) is 0 Å². The van der Waals surface area contributed by atoms with E-state index in [-0.39, 0.29) is 5.91 Å². The molecule has 56 valence electrons. The van der Waals surface area contributed by atoms with Crippen molar-refractivity contribution in [3.8, 4) is 0 Å². The van der Waals surface area contributed by atoms with E-state index >= 15 is 0 Å². The first kappa shape index (κ1) is 8.95. The molecule has 0 aliphatic heterocycles. The maximum absolute atomic E-state index is 10.9. The molecule has 0 atom stereocenters. The van der Waals surface area contributed by atoms with E-state index in [0.29, 0.717) is 5.57 Å². The first-order chi connectivity index (χ1) is 4.57. The summed E-state index contributed by atoms with van der Waals surface area (Å²) in [6.07, 6.45) is 1.83. The minimum absolute atomic E-state index is 0.115. The summed E-state index contributed by atoms with van der Waals surface area (Å²) in [5, 5.41) is 2.65. The summed E-state index contributed by atoms with van der Waals surface area (Å²) in [5.41, 5.74) is 1.38. The fourth-order valence-corrected chi connectivity index (χ4v) is 0.358. The van der Waals surface area contributed by atoms with Crippen LogP contribution >= 0.6 is 0 Å². The Balaban J connectivity index is 3.93. The minimum Gasteiger partial charge on any atom is -0.327 e. The van der Waals surface area contributed by atoms with E-state index < -0.39 is 0 Å². The summed E-state index contributed by atoms with van der Waals surface area (Å²) in [6, 6.07) is 0. The van der Waals surface area contributed by atoms with E-state index in [2.05, 4.69) is 11.9 Å². The zero-order valence-corrected chi connectivity index (χ0v) is 6.69. The van der Waals surface area contributed by atoms with E-state index in [1.54, 1.807) is 6.92 Å². The van der Waals surface area contributed by atoms with Crippen molar-refractivity contribution in [2.75, 3.05) is 0 Å². The predicted octanol–water partition coefficient (Wildman–Crippen LogP) is 1.60. The topological polar surface area (TPSA) is 29.1 Å². The number of carbonyl (C=O) groups excluding carboxylic acids is 1. The van der Waals surface area contributed by atoms with Crippen molar-refractivity contribution in [1.29, 1.82) is 0 Å². The molecule has 0 unspecified atom stereocenters. The molecule has 10 heavy (non-hydrogen) atoms. The Bertz CT molecular complexity index is 180. The van der Waals surface area contributed by atoms with E-state index in [4.69, 9.17) is 0 Å². The van der Waals surface area contributed by atoms with Gasteiger partial charge in [0.25, 0.3) is 0 Å². The van der Waals surface area contributed by atoms with Crippen molar-refractivity contribution >= 4 is 5.91 Å². The van der Waals surface area contributed by atoms with Gasteiger partial charge in [0.1, 0.15) is 0 Å². The molecule has 0 bridgehead atoms. The number of carbonyl (C=O) groups is 1. The fourth-order valence-electron chi connectivity index (χ4n) is 0.358. The highest BCUT2D eigenvalue weighted by Gasteiger charge is 1.98. The number of allylic oxidation sites excluding steroid dienone is 2. The molecule has 0 spiro atoms. The van der Waals surface area contributed by atoms with Crippen LogP contribution in [0.3, 0.4) is 0 Å². The van der Waals surface area contributed by atoms with Crippen LogP contribution in [0.4, 0.5) is 0 Å². The maximum atomic E-state index is 10.9. The standard InChI is InChI=1S/C8H13NO/c1-5-7(4)9-8(10)6(2)3/h5H,2H2,1,3-4H3,(H,9,10)/b7-5-. The molecule has 0 saturated carbocycles. The Hall–Kier alpha value is -1.05. The number of nitrogens with one attached hydrogen (secondary N) is 1. The van der Waals surface area contributed by atoms with Crippen molar-refractivity contribution in [2.45, 2.75) is 20.8 Å². The first-order valence-electron chi connectivity index (χ1n) is 3.17. The fraction of sp³-hybridized carbons (Fsp3) is 0.375. The lowest BCUT2D eigenvalue weighted by atomic mass is 10.3. The smallest absolute Gasteiger partial charge is 0.250 e. The summed E-state index contributed by atoms with van der Waals surface area (Å²) < 4.78 is 0. The molecule has 2 heteroatoms. The highest BCUT2D eigenvalue weighted by molar-refractivity contribution is 5.93. The zero-order chi connectivity index (χ0) is 8.15. The normalized spacial score (nSPS) is 10.9. The van der Waals surface area contributed by atoms with Gasteiger partial charge in [-0.25, -0.2) is 0 Å². The lowest BCUT2D eigenvalue weighted by Gasteiger charge is -2.02. The monoisotopic (exact) mass is 139 g/mol. The molecule has 0 saturated heterocycles. The molecule has 0 aliphatic rings. The van der Waals surface area contributed by atoms with Crippen molar-refractivity contribution < 1.29 is 4.79 Å². The largest absolute Gasteiger partial charge is 0.327 e. The highest BCUT2D eigenvalue weighted by Crippen LogP contribution is 1.90. The van der Waals surface area contributed by atoms with E-state index in [0.717, 1.165) is 5.70 Å². The molecule has 0 fully saturated rings. The third kappa shape index (κ3) is 3.07. The molecule has 0 aliphatic carbocycles. The summed E-state index contributed by atoms with van der Waals surface area (Å²) in [7, 11) is 0. The average molecular weight is 139 g/mol. The lowest BCUT2D eigenvalue weighted by molar-refractivity contribution is -0.116. The summed E-state index contributed by atoms with van der Waals surface area (Å²) in [4.78, 5) is 10.9. The predicted molar refractivity (Wildman–Crippen MR) is 42.4 cm³/mol. The molecule has 0 rings (SSSR count). The van der Waals surface area contributed by atoms with Crippen LogP contribution in [-0.2, 0) is 4.79 Å². The van der Waals surface area contributed by atoms with Gasteiger partial charge >= 0.3 is 0 Å². The summed E-state index contributed by atoms with van der Waals surface area (Å²) in [6.45, 7) is 8.89. The van der Waals surface area contributed by atoms with Crippen LogP contribution in [-0.4, -0.2) is 5.91 Å². The van der Waals surface area contributed by atoms with Gasteiger partial charge in [0.05, 0.1) is 0 Å². The Kier molecular flexibility index (Phi) is 3.47. The molecular formula is C8H13NO. The summed E-state index contributed by atoms with van der Waals surface area (Å²) >= 11 is 0. The Morgan fingerprint density at radius 3 is 2.30 bits per heavy atom. The van der Waals surface area contributed by atoms with Crippen LogP contribution in [0.25, 0.3) is 0 Å². The molecule has 1 N–H and O–H groups in total. The third-order valence-electron chi connectivity index (χ3n) is 1.13. The van der Waals surface area contributed by atoms with Crippen molar-refractivity contribution in [3.63, 3.8) is 0 Å². The van der Waals surface area contributed by atoms with Gasteiger partial charge in [-0.2, -0.15) is 0 Å². The molecule has 2 nitrogen and oxygen atoms in total. The molecule has 0 aromatic heterocycles. The van der Waals surface area contributed by atoms with Crippen LogP contribution in [0.15, 0.2) is 23.9 Å². The molecular weight excluding hydrogens is 126 g/mol. The van der Waals surface area contributed by atoms with Gasteiger partial charge in [-0.15, -0.1) is 0 Å². The van der Waals surface area contributed by atoms with Crippen LogP contribution in [0.1, 0.15) is 20.8 Å². The van der Waals surface area contributed by atoms with Crippen molar-refractivity contribution in [1.82, 2.24) is 5.32 Å². The Labute approximate surface area is 61.6 Å². The minimum atomic E-state index is -0.115. The second-order valence-electron chi connectivity index (χ2n) is 2.21. The number of amides is 1. The number of hydrogen-bond donors (Lipinski definition) is 1. The maximum Gasteiger partial charge on any atom is 0.250 e. The van der Waals surface area contributed by atoms with Crippen LogP contribution in [0.2, 0.25) is 0 Å². The molecule has 0 aromatic carbocycles. The van der Waals surface area contributed by atoms with E-state index in [1.165, 1.54) is 0 Å². The van der Waals surface area contributed by atoms with Crippen LogP contribution in [0, 0.1) is 0 Å². The van der Waals surface area contributed by atoms with Gasteiger partial charge in [0.2, 0.25) is 5.91 Å². The van der Waals surface area contributed by atoms with Crippen molar-refractivity contribution in [3.05, 3.63) is 23.9 Å². The molecule has 0 radical (unpaired) electrons. The number of rotatable bonds is 2. The van der Waals surface area contributed by atoms with E-state index in [9.17, 15) is 4.79 Å². The molecule has 0 aromatic rings. The third-order valence-corrected chi connectivity index (χ3v) is 1.13.